The number of rotatable bonds is 4. The fraction of sp³-hybridized carbons (Fsp3) is 0.188. The molecule has 2 rings (SSSR count). The van der Waals surface area contributed by atoms with Gasteiger partial charge < -0.3 is 10.5 Å². The van der Waals surface area contributed by atoms with Crippen LogP contribution >= 0.6 is 0 Å². The molecule has 1 unspecified atom stereocenters. The van der Waals surface area contributed by atoms with E-state index in [4.69, 9.17) is 15.7 Å². The monoisotopic (exact) mass is 270 g/mol. The van der Waals surface area contributed by atoms with Gasteiger partial charge >= 0.3 is 0 Å². The van der Waals surface area contributed by atoms with E-state index in [2.05, 4.69) is 0 Å². The summed E-state index contributed by atoms with van der Waals surface area (Å²) in [5.74, 6) is -0.380. The van der Waals surface area contributed by atoms with E-state index in [0.29, 0.717) is 0 Å². The molecule has 4 heteroatoms. The summed E-state index contributed by atoms with van der Waals surface area (Å²) < 4.78 is 19.3. The number of benzene rings is 2. The van der Waals surface area contributed by atoms with Gasteiger partial charge in [-0.3, -0.25) is 0 Å². The maximum Gasteiger partial charge on any atom is 0.144 e. The lowest BCUT2D eigenvalue weighted by atomic mass is 10.1. The summed E-state index contributed by atoms with van der Waals surface area (Å²) in [6.07, 6.45) is -0.413. The van der Waals surface area contributed by atoms with Crippen molar-refractivity contribution in [1.29, 1.82) is 5.26 Å². The zero-order valence-electron chi connectivity index (χ0n) is 11.1. The third-order valence-corrected chi connectivity index (χ3v) is 2.98. The largest absolute Gasteiger partial charge is 0.483 e. The van der Waals surface area contributed by atoms with E-state index < -0.39 is 11.9 Å². The average molecular weight is 270 g/mol. The molecule has 102 valence electrons. The Morgan fingerprint density at radius 2 is 2.05 bits per heavy atom. The molecule has 0 saturated carbocycles. The van der Waals surface area contributed by atoms with Crippen molar-refractivity contribution in [3.8, 4) is 11.8 Å². The summed E-state index contributed by atoms with van der Waals surface area (Å²) in [4.78, 5) is 0. The van der Waals surface area contributed by atoms with Crippen molar-refractivity contribution in [2.45, 2.75) is 13.0 Å². The Balaban J connectivity index is 2.32. The average Bonchev–Trinajstić information content (AvgIpc) is 2.45. The highest BCUT2D eigenvalue weighted by Gasteiger charge is 2.16. The van der Waals surface area contributed by atoms with Crippen molar-refractivity contribution in [3.05, 3.63) is 65.0 Å². The Kier molecular flexibility index (Phi) is 4.34. The molecule has 0 aliphatic rings. The molecule has 0 saturated heterocycles. The molecule has 0 heterocycles. The molecular weight excluding hydrogens is 255 g/mol. The van der Waals surface area contributed by atoms with Crippen molar-refractivity contribution in [2.24, 2.45) is 5.73 Å². The number of nitriles is 1. The number of nitrogens with zero attached hydrogens (tertiary/aromatic N) is 1. The van der Waals surface area contributed by atoms with Crippen LogP contribution in [-0.2, 0) is 0 Å². The third kappa shape index (κ3) is 2.95. The van der Waals surface area contributed by atoms with Crippen LogP contribution in [0.5, 0.6) is 5.75 Å². The molecule has 3 nitrogen and oxygen atoms in total. The van der Waals surface area contributed by atoms with Crippen LogP contribution in [-0.4, -0.2) is 6.54 Å². The highest BCUT2D eigenvalue weighted by Crippen LogP contribution is 2.26. The van der Waals surface area contributed by atoms with Crippen LogP contribution in [0.4, 0.5) is 4.39 Å². The van der Waals surface area contributed by atoms with Gasteiger partial charge in [0.25, 0.3) is 0 Å². The Bertz CT molecular complexity index is 649. The van der Waals surface area contributed by atoms with Gasteiger partial charge in [-0.15, -0.1) is 0 Å². The summed E-state index contributed by atoms with van der Waals surface area (Å²) in [5.41, 5.74) is 7.62. The van der Waals surface area contributed by atoms with Crippen molar-refractivity contribution in [3.63, 3.8) is 0 Å². The molecule has 20 heavy (non-hydrogen) atoms. The van der Waals surface area contributed by atoms with Crippen LogP contribution < -0.4 is 10.5 Å². The molecule has 0 aliphatic carbocycles. The first kappa shape index (κ1) is 14.0. The Labute approximate surface area is 117 Å². The minimum Gasteiger partial charge on any atom is -0.483 e. The number of aryl methyl sites for hydroxylation is 1. The van der Waals surface area contributed by atoms with Gasteiger partial charge in [-0.05, 0) is 24.6 Å². The summed E-state index contributed by atoms with van der Waals surface area (Å²) in [7, 11) is 0. The molecule has 2 aromatic carbocycles. The zero-order valence-corrected chi connectivity index (χ0v) is 11.1. The SMILES string of the molecule is Cc1cccc(C(CN)Oc2cccc(F)c2C#N)c1. The number of hydrogen-bond acceptors (Lipinski definition) is 3. The van der Waals surface area contributed by atoms with Crippen LogP contribution in [0.3, 0.4) is 0 Å². The second kappa shape index (κ2) is 6.18. The summed E-state index contributed by atoms with van der Waals surface area (Å²) in [5, 5.41) is 9.00. The molecule has 2 aromatic rings. The van der Waals surface area contributed by atoms with Crippen LogP contribution in [0, 0.1) is 24.1 Å². The van der Waals surface area contributed by atoms with Crippen LogP contribution in [0.1, 0.15) is 22.8 Å². The fourth-order valence-electron chi connectivity index (χ4n) is 1.99. The van der Waals surface area contributed by atoms with Gasteiger partial charge in [0, 0.05) is 6.54 Å². The minimum absolute atomic E-state index is 0.0985. The standard InChI is InChI=1S/C16H15FN2O/c1-11-4-2-5-12(8-11)16(10-19)20-15-7-3-6-14(17)13(15)9-18/h2-8,16H,10,19H2,1H3. The first-order valence-corrected chi connectivity index (χ1v) is 6.27. The van der Waals surface area contributed by atoms with E-state index in [-0.39, 0.29) is 17.9 Å². The molecule has 0 spiro atoms. The molecule has 0 bridgehead atoms. The fourth-order valence-corrected chi connectivity index (χ4v) is 1.99. The second-order valence-electron chi connectivity index (χ2n) is 4.48. The normalized spacial score (nSPS) is 11.7. The van der Waals surface area contributed by atoms with Gasteiger partial charge in [-0.1, -0.05) is 35.9 Å². The van der Waals surface area contributed by atoms with E-state index in [9.17, 15) is 4.39 Å². The van der Waals surface area contributed by atoms with Crippen molar-refractivity contribution in [2.75, 3.05) is 6.54 Å². The smallest absolute Gasteiger partial charge is 0.144 e. The molecular formula is C16H15FN2O. The predicted octanol–water partition coefficient (Wildman–Crippen LogP) is 3.08. The Morgan fingerprint density at radius 3 is 2.70 bits per heavy atom. The molecule has 0 radical (unpaired) electrons. The van der Waals surface area contributed by atoms with E-state index >= 15 is 0 Å². The lowest BCUT2D eigenvalue weighted by molar-refractivity contribution is 0.212. The van der Waals surface area contributed by atoms with Crippen LogP contribution in [0.2, 0.25) is 0 Å². The van der Waals surface area contributed by atoms with Gasteiger partial charge in [0.15, 0.2) is 0 Å². The first-order valence-electron chi connectivity index (χ1n) is 6.27. The van der Waals surface area contributed by atoms with E-state index in [1.807, 2.05) is 37.3 Å². The van der Waals surface area contributed by atoms with Crippen molar-refractivity contribution in [1.82, 2.24) is 0 Å². The summed E-state index contributed by atoms with van der Waals surface area (Å²) in [6.45, 7) is 2.21. The Hall–Kier alpha value is -2.38. The number of hydrogen-bond donors (Lipinski definition) is 1. The maximum atomic E-state index is 13.5. The van der Waals surface area contributed by atoms with E-state index in [1.165, 1.54) is 12.1 Å². The number of ether oxygens (including phenoxy) is 1. The maximum absolute atomic E-state index is 13.5. The van der Waals surface area contributed by atoms with Gasteiger partial charge in [-0.25, -0.2) is 4.39 Å². The summed E-state index contributed by atoms with van der Waals surface area (Å²) >= 11 is 0. The number of halogens is 1. The number of nitrogens with two attached hydrogens (primary N) is 1. The lowest BCUT2D eigenvalue weighted by Crippen LogP contribution is -2.19. The first-order chi connectivity index (χ1) is 9.65. The molecule has 1 atom stereocenters. The topological polar surface area (TPSA) is 59.0 Å². The molecule has 2 N–H and O–H groups in total. The van der Waals surface area contributed by atoms with Gasteiger partial charge in [0.1, 0.15) is 29.3 Å². The molecule has 0 fully saturated rings. The molecule has 0 aromatic heterocycles. The lowest BCUT2D eigenvalue weighted by Gasteiger charge is -2.19. The van der Waals surface area contributed by atoms with E-state index in [1.54, 1.807) is 6.07 Å². The van der Waals surface area contributed by atoms with Gasteiger partial charge in [-0.2, -0.15) is 5.26 Å². The minimum atomic E-state index is -0.593. The summed E-state index contributed by atoms with van der Waals surface area (Å²) in [6, 6.07) is 13.9. The van der Waals surface area contributed by atoms with Crippen LogP contribution in [0.15, 0.2) is 42.5 Å². The highest BCUT2D eigenvalue weighted by atomic mass is 19.1. The van der Waals surface area contributed by atoms with Gasteiger partial charge in [0.2, 0.25) is 0 Å². The molecule has 0 amide bonds. The zero-order chi connectivity index (χ0) is 14.5. The molecule has 0 aliphatic heterocycles. The van der Waals surface area contributed by atoms with Gasteiger partial charge in [0.05, 0.1) is 0 Å². The van der Waals surface area contributed by atoms with Crippen molar-refractivity contribution < 1.29 is 9.13 Å². The predicted molar refractivity (Wildman–Crippen MR) is 74.7 cm³/mol. The quantitative estimate of drug-likeness (QED) is 0.928. The third-order valence-electron chi connectivity index (χ3n) is 2.98. The van der Waals surface area contributed by atoms with E-state index in [0.717, 1.165) is 11.1 Å². The second-order valence-corrected chi connectivity index (χ2v) is 4.48. The highest BCUT2D eigenvalue weighted by molar-refractivity contribution is 5.44. The Morgan fingerprint density at radius 1 is 1.30 bits per heavy atom. The van der Waals surface area contributed by atoms with Crippen molar-refractivity contribution >= 4 is 0 Å². The van der Waals surface area contributed by atoms with Crippen LogP contribution in [0.25, 0.3) is 0 Å².